The van der Waals surface area contributed by atoms with Crippen molar-refractivity contribution in [3.05, 3.63) is 248 Å². The molecule has 2 nitrogen and oxygen atoms in total. The van der Waals surface area contributed by atoms with Crippen LogP contribution in [0.25, 0.3) is 86.9 Å². The molecule has 4 heteroatoms. The summed E-state index contributed by atoms with van der Waals surface area (Å²) in [6, 6.07) is 89.7. The van der Waals surface area contributed by atoms with Crippen LogP contribution in [0.5, 0.6) is 0 Å². The first-order valence-electron chi connectivity index (χ1n) is 27.5. The van der Waals surface area contributed by atoms with E-state index in [2.05, 4.69) is 288 Å². The fourth-order valence-electron chi connectivity index (χ4n) is 13.0. The summed E-state index contributed by atoms with van der Waals surface area (Å²) in [4.78, 5) is 5.24. The SMILES string of the molecule is CC(C)(C)c1ccc(N2c3cc(-c4ccccc4-c4ccccc4)ccc3B3c4sc5ccc(-c6ccccc6)cc5c4N(c4ccc(C(C)(C)C)cc4-c4ccc5ccc6cccc7ccc4c5c67)c4cccc2c43)cc1. The predicted octanol–water partition coefficient (Wildman–Crippen LogP) is 19.1. The van der Waals surface area contributed by atoms with E-state index < -0.39 is 0 Å². The second kappa shape index (κ2) is 17.4. The Bertz CT molecular complexity index is 4500. The Labute approximate surface area is 461 Å². The number of hydrogen-bond donors (Lipinski definition) is 0. The van der Waals surface area contributed by atoms with Crippen LogP contribution in [0.4, 0.5) is 34.1 Å². The number of thiophene rings is 1. The van der Waals surface area contributed by atoms with Gasteiger partial charge in [-0.2, -0.15) is 0 Å². The zero-order valence-electron chi connectivity index (χ0n) is 44.9. The van der Waals surface area contributed by atoms with E-state index in [9.17, 15) is 0 Å². The highest BCUT2D eigenvalue weighted by molar-refractivity contribution is 7.33. The van der Waals surface area contributed by atoms with Crippen molar-refractivity contribution in [1.29, 1.82) is 0 Å². The fourth-order valence-corrected chi connectivity index (χ4v) is 14.3. The average Bonchev–Trinajstić information content (AvgIpc) is 3.97. The van der Waals surface area contributed by atoms with Gasteiger partial charge in [-0.3, -0.25) is 0 Å². The van der Waals surface area contributed by atoms with Crippen LogP contribution in [0, 0.1) is 0 Å². The highest BCUT2D eigenvalue weighted by atomic mass is 32.1. The van der Waals surface area contributed by atoms with Gasteiger partial charge < -0.3 is 9.80 Å². The molecule has 0 radical (unpaired) electrons. The van der Waals surface area contributed by atoms with E-state index in [-0.39, 0.29) is 17.5 Å². The lowest BCUT2D eigenvalue weighted by atomic mass is 9.36. The van der Waals surface area contributed by atoms with Crippen molar-refractivity contribution < 1.29 is 0 Å². The number of anilines is 6. The van der Waals surface area contributed by atoms with Crippen LogP contribution in [0.15, 0.2) is 237 Å². The first-order chi connectivity index (χ1) is 38.0. The highest BCUT2D eigenvalue weighted by Crippen LogP contribution is 2.53. The molecule has 2 aliphatic heterocycles. The summed E-state index contributed by atoms with van der Waals surface area (Å²) in [6.45, 7) is 13.9. The number of rotatable bonds is 6. The third-order valence-electron chi connectivity index (χ3n) is 16.9. The Morgan fingerprint density at radius 3 is 1.68 bits per heavy atom. The van der Waals surface area contributed by atoms with E-state index in [1.165, 1.54) is 142 Å². The molecule has 0 atom stereocenters. The Morgan fingerprint density at radius 2 is 0.962 bits per heavy atom. The quantitative estimate of drug-likeness (QED) is 0.121. The van der Waals surface area contributed by atoms with Gasteiger partial charge in [0.2, 0.25) is 0 Å². The molecule has 78 heavy (non-hydrogen) atoms. The van der Waals surface area contributed by atoms with Gasteiger partial charge in [0.15, 0.2) is 0 Å². The first kappa shape index (κ1) is 46.6. The third kappa shape index (κ3) is 7.23. The zero-order valence-corrected chi connectivity index (χ0v) is 45.7. The highest BCUT2D eigenvalue weighted by Gasteiger charge is 2.46. The maximum Gasteiger partial charge on any atom is 0.264 e. The number of hydrogen-bond acceptors (Lipinski definition) is 3. The summed E-state index contributed by atoms with van der Waals surface area (Å²) in [5, 5.41) is 9.03. The third-order valence-corrected chi connectivity index (χ3v) is 18.2. The second-order valence-electron chi connectivity index (χ2n) is 23.6. The molecule has 3 heterocycles. The van der Waals surface area contributed by atoms with Crippen molar-refractivity contribution in [2.75, 3.05) is 9.80 Å². The minimum absolute atomic E-state index is 0.0110. The largest absolute Gasteiger partial charge is 0.311 e. The molecule has 0 aliphatic carbocycles. The second-order valence-corrected chi connectivity index (χ2v) is 24.7. The van der Waals surface area contributed by atoms with Crippen LogP contribution in [-0.4, -0.2) is 6.71 Å². The standard InChI is InChI=1S/C74H57BN2S/c1-73(2,3)53-33-36-55(37-34-53)76-64-25-16-26-65-70(64)75(62-40-31-52(44-66(62)76)57-24-14-13-23-56(57)47-19-11-8-12-20-47)72-71(61-43-51(32-42-67(61)78-72)46-17-9-7-10-18-46)77(65)63-41-35-54(74(4,5)6)45-60(63)58-38-29-50-28-27-48-21-15-22-49-30-39-59(58)69(50)68(48)49/h7-45H,1-6H3. The van der Waals surface area contributed by atoms with E-state index in [1.54, 1.807) is 0 Å². The number of benzene rings is 12. The van der Waals surface area contributed by atoms with E-state index in [0.29, 0.717) is 0 Å². The molecule has 0 saturated carbocycles. The summed E-state index contributed by atoms with van der Waals surface area (Å²) < 4.78 is 2.64. The van der Waals surface area contributed by atoms with Gasteiger partial charge in [0.1, 0.15) is 0 Å². The van der Waals surface area contributed by atoms with Gasteiger partial charge >= 0.3 is 0 Å². The van der Waals surface area contributed by atoms with Gasteiger partial charge in [0.25, 0.3) is 6.71 Å². The number of fused-ring (bicyclic) bond motifs is 6. The smallest absolute Gasteiger partial charge is 0.264 e. The molecule has 0 amide bonds. The van der Waals surface area contributed by atoms with Crippen LogP contribution in [-0.2, 0) is 10.8 Å². The predicted molar refractivity (Wildman–Crippen MR) is 339 cm³/mol. The summed E-state index contributed by atoms with van der Waals surface area (Å²) >= 11 is 1.96. The van der Waals surface area contributed by atoms with Gasteiger partial charge in [-0.1, -0.05) is 224 Å². The lowest BCUT2D eigenvalue weighted by Gasteiger charge is -2.43. The molecule has 1 aromatic heterocycles. The molecular formula is C74H57BN2S. The zero-order chi connectivity index (χ0) is 52.6. The lowest BCUT2D eigenvalue weighted by Crippen LogP contribution is -2.60. The monoisotopic (exact) mass is 1020 g/mol. The van der Waals surface area contributed by atoms with Crippen molar-refractivity contribution in [3.63, 3.8) is 0 Å². The summed E-state index contributed by atoms with van der Waals surface area (Å²) in [6.07, 6.45) is 0. The maximum atomic E-state index is 2.67. The van der Waals surface area contributed by atoms with Gasteiger partial charge in [-0.05, 0) is 159 Å². The summed E-state index contributed by atoms with van der Waals surface area (Å²) in [7, 11) is 0. The molecule has 0 spiro atoms. The van der Waals surface area contributed by atoms with E-state index in [1.807, 2.05) is 11.3 Å². The Hall–Kier alpha value is -8.70. The Morgan fingerprint density at radius 1 is 0.359 bits per heavy atom. The van der Waals surface area contributed by atoms with Crippen LogP contribution in [0.3, 0.4) is 0 Å². The van der Waals surface area contributed by atoms with Crippen molar-refractivity contribution in [2.24, 2.45) is 0 Å². The van der Waals surface area contributed by atoms with Crippen LogP contribution in [0.1, 0.15) is 52.7 Å². The maximum absolute atomic E-state index is 2.67. The summed E-state index contributed by atoms with van der Waals surface area (Å²) in [5.41, 5.74) is 22.1. The minimum Gasteiger partial charge on any atom is -0.311 e. The molecule has 0 fully saturated rings. The lowest BCUT2D eigenvalue weighted by molar-refractivity contribution is 0.590. The Balaban J connectivity index is 1.03. The van der Waals surface area contributed by atoms with Gasteiger partial charge in [-0.25, -0.2) is 0 Å². The molecule has 15 rings (SSSR count). The van der Waals surface area contributed by atoms with Crippen LogP contribution in [0.2, 0.25) is 0 Å². The molecule has 12 aromatic carbocycles. The van der Waals surface area contributed by atoms with Crippen molar-refractivity contribution in [1.82, 2.24) is 0 Å². The molecule has 372 valence electrons. The van der Waals surface area contributed by atoms with E-state index in [4.69, 9.17) is 0 Å². The molecule has 13 aromatic rings. The van der Waals surface area contributed by atoms with Gasteiger partial charge in [0, 0.05) is 43.2 Å². The molecule has 2 aliphatic rings. The summed E-state index contributed by atoms with van der Waals surface area (Å²) in [5.74, 6) is 0. The van der Waals surface area contributed by atoms with Gasteiger partial charge in [-0.15, -0.1) is 11.3 Å². The molecule has 0 unspecified atom stereocenters. The van der Waals surface area contributed by atoms with Crippen LogP contribution >= 0.6 is 11.3 Å². The van der Waals surface area contributed by atoms with E-state index in [0.717, 1.165) is 5.69 Å². The van der Waals surface area contributed by atoms with Crippen molar-refractivity contribution >= 4 is 110 Å². The van der Waals surface area contributed by atoms with Gasteiger partial charge in [0.05, 0.1) is 11.4 Å². The first-order valence-corrected chi connectivity index (χ1v) is 28.3. The number of nitrogens with zero attached hydrogens (tertiary/aromatic N) is 2. The molecule has 0 N–H and O–H groups in total. The topological polar surface area (TPSA) is 6.48 Å². The Kier molecular flexibility index (Phi) is 10.4. The minimum atomic E-state index is -0.0893. The molecule has 0 saturated heterocycles. The van der Waals surface area contributed by atoms with Crippen LogP contribution < -0.4 is 25.5 Å². The van der Waals surface area contributed by atoms with E-state index >= 15 is 0 Å². The van der Waals surface area contributed by atoms with Crippen molar-refractivity contribution in [2.45, 2.75) is 52.4 Å². The molecular weight excluding hydrogens is 960 g/mol. The fraction of sp³-hybridized carbons (Fsp3) is 0.108. The average molecular weight is 1020 g/mol. The van der Waals surface area contributed by atoms with Crippen molar-refractivity contribution in [3.8, 4) is 44.5 Å². The normalized spacial score (nSPS) is 13.2. The molecule has 0 bridgehead atoms.